The Hall–Kier alpha value is -1.13. The number of aliphatic hydroxyl groups excluding tert-OH is 1. The first-order valence-electron chi connectivity index (χ1n) is 3.80. The van der Waals surface area contributed by atoms with Crippen LogP contribution in [0, 0.1) is 12.7 Å². The lowest BCUT2D eigenvalue weighted by Gasteiger charge is -2.10. The van der Waals surface area contributed by atoms with E-state index in [2.05, 4.69) is 0 Å². The third-order valence-electron chi connectivity index (χ3n) is 1.88. The second-order valence-corrected chi connectivity index (χ2v) is 3.25. The highest BCUT2D eigenvalue weighted by molar-refractivity contribution is 6.31. The van der Waals surface area contributed by atoms with Crippen molar-refractivity contribution in [3.05, 3.63) is 34.1 Å². The summed E-state index contributed by atoms with van der Waals surface area (Å²) in [4.78, 5) is 10.5. The number of carbonyl (C=O) groups is 1. The fraction of sp³-hybridized carbons (Fsp3) is 0.222. The third kappa shape index (κ3) is 2.02. The second-order valence-electron chi connectivity index (χ2n) is 2.84. The van der Waals surface area contributed by atoms with E-state index in [9.17, 15) is 14.3 Å². The predicted molar refractivity (Wildman–Crippen MR) is 48.7 cm³/mol. The maximum absolute atomic E-state index is 12.8. The molecule has 5 heteroatoms. The number of carboxylic acids is 1. The van der Waals surface area contributed by atoms with Gasteiger partial charge in [-0.3, -0.25) is 0 Å². The summed E-state index contributed by atoms with van der Waals surface area (Å²) in [5, 5.41) is 17.8. The van der Waals surface area contributed by atoms with Crippen LogP contribution in [0.2, 0.25) is 5.02 Å². The molecule has 3 nitrogen and oxygen atoms in total. The highest BCUT2D eigenvalue weighted by atomic mass is 35.5. The molecule has 0 aromatic heterocycles. The van der Waals surface area contributed by atoms with Crippen LogP contribution in [-0.2, 0) is 4.79 Å². The zero-order valence-electron chi connectivity index (χ0n) is 7.29. The molecule has 1 atom stereocenters. The molecule has 0 saturated heterocycles. The summed E-state index contributed by atoms with van der Waals surface area (Å²) < 4.78 is 12.8. The van der Waals surface area contributed by atoms with Crippen LogP contribution < -0.4 is 0 Å². The van der Waals surface area contributed by atoms with Gasteiger partial charge in [-0.15, -0.1) is 0 Å². The van der Waals surface area contributed by atoms with Gasteiger partial charge >= 0.3 is 5.97 Å². The number of aliphatic carboxylic acids is 1. The lowest BCUT2D eigenvalue weighted by atomic mass is 10.0. The SMILES string of the molecule is Cc1c(Cl)cc(F)cc1C(O)C(=O)O. The van der Waals surface area contributed by atoms with Crippen molar-refractivity contribution in [3.63, 3.8) is 0 Å². The smallest absolute Gasteiger partial charge is 0.337 e. The molecule has 0 fully saturated rings. The number of aliphatic hydroxyl groups is 1. The molecule has 14 heavy (non-hydrogen) atoms. The molecule has 0 heterocycles. The van der Waals surface area contributed by atoms with Crippen molar-refractivity contribution >= 4 is 17.6 Å². The zero-order chi connectivity index (χ0) is 10.9. The van der Waals surface area contributed by atoms with Crippen molar-refractivity contribution in [1.29, 1.82) is 0 Å². The van der Waals surface area contributed by atoms with Gasteiger partial charge in [-0.2, -0.15) is 0 Å². The van der Waals surface area contributed by atoms with Gasteiger partial charge in [-0.25, -0.2) is 9.18 Å². The van der Waals surface area contributed by atoms with Crippen LogP contribution in [0.4, 0.5) is 4.39 Å². The number of hydrogen-bond acceptors (Lipinski definition) is 2. The molecule has 0 aliphatic heterocycles. The third-order valence-corrected chi connectivity index (χ3v) is 2.27. The highest BCUT2D eigenvalue weighted by Crippen LogP contribution is 2.25. The van der Waals surface area contributed by atoms with Crippen LogP contribution >= 0.6 is 11.6 Å². The first-order chi connectivity index (χ1) is 6.43. The second kappa shape index (κ2) is 3.94. The highest BCUT2D eigenvalue weighted by Gasteiger charge is 2.20. The van der Waals surface area contributed by atoms with Gasteiger partial charge < -0.3 is 10.2 Å². The summed E-state index contributed by atoms with van der Waals surface area (Å²) in [5.41, 5.74) is 0.338. The van der Waals surface area contributed by atoms with Crippen LogP contribution in [0.1, 0.15) is 17.2 Å². The van der Waals surface area contributed by atoms with E-state index in [0.717, 1.165) is 12.1 Å². The Bertz CT molecular complexity index is 379. The van der Waals surface area contributed by atoms with E-state index in [4.69, 9.17) is 16.7 Å². The monoisotopic (exact) mass is 218 g/mol. The summed E-state index contributed by atoms with van der Waals surface area (Å²) in [5.74, 6) is -2.11. The number of hydrogen-bond donors (Lipinski definition) is 2. The van der Waals surface area contributed by atoms with Gasteiger partial charge in [0.2, 0.25) is 0 Å². The normalized spacial score (nSPS) is 12.6. The van der Waals surface area contributed by atoms with Crippen molar-refractivity contribution in [3.8, 4) is 0 Å². The zero-order valence-corrected chi connectivity index (χ0v) is 8.05. The molecule has 76 valence electrons. The summed E-state index contributed by atoms with van der Waals surface area (Å²) >= 11 is 5.62. The van der Waals surface area contributed by atoms with Gasteiger partial charge in [0.25, 0.3) is 0 Å². The van der Waals surface area contributed by atoms with E-state index in [-0.39, 0.29) is 10.6 Å². The summed E-state index contributed by atoms with van der Waals surface area (Å²) in [7, 11) is 0. The first-order valence-corrected chi connectivity index (χ1v) is 4.17. The summed E-state index contributed by atoms with van der Waals surface area (Å²) in [6.07, 6.45) is -1.75. The molecule has 0 aliphatic rings. The first kappa shape index (κ1) is 10.9. The number of rotatable bonds is 2. The fourth-order valence-corrected chi connectivity index (χ4v) is 1.30. The fourth-order valence-electron chi connectivity index (χ4n) is 1.08. The van der Waals surface area contributed by atoms with Crippen LogP contribution in [0.15, 0.2) is 12.1 Å². The van der Waals surface area contributed by atoms with Crippen molar-refractivity contribution in [2.75, 3.05) is 0 Å². The van der Waals surface area contributed by atoms with Crippen LogP contribution in [0.3, 0.4) is 0 Å². The average molecular weight is 219 g/mol. The molecular formula is C9H8ClFO3. The lowest BCUT2D eigenvalue weighted by molar-refractivity contribution is -0.147. The summed E-state index contributed by atoms with van der Waals surface area (Å²) in [6, 6.07) is 2.02. The van der Waals surface area contributed by atoms with Crippen molar-refractivity contribution in [2.45, 2.75) is 13.0 Å². The number of benzene rings is 1. The van der Waals surface area contributed by atoms with E-state index in [1.54, 1.807) is 0 Å². The van der Waals surface area contributed by atoms with Crippen molar-refractivity contribution in [1.82, 2.24) is 0 Å². The van der Waals surface area contributed by atoms with Crippen molar-refractivity contribution in [2.24, 2.45) is 0 Å². The largest absolute Gasteiger partial charge is 0.479 e. The minimum absolute atomic E-state index is 0.0255. The van der Waals surface area contributed by atoms with Crippen LogP contribution in [0.5, 0.6) is 0 Å². The van der Waals surface area contributed by atoms with Gasteiger partial charge in [-0.05, 0) is 30.2 Å². The Morgan fingerprint density at radius 2 is 2.14 bits per heavy atom. The molecule has 1 rings (SSSR count). The Morgan fingerprint density at radius 3 is 2.64 bits per heavy atom. The topological polar surface area (TPSA) is 57.5 Å². The standard InChI is InChI=1S/C9H8ClFO3/c1-4-6(8(12)9(13)14)2-5(11)3-7(4)10/h2-3,8,12H,1H3,(H,13,14). The maximum atomic E-state index is 12.8. The Kier molecular flexibility index (Phi) is 3.08. The molecular weight excluding hydrogens is 211 g/mol. The van der Waals surface area contributed by atoms with Crippen LogP contribution in [-0.4, -0.2) is 16.2 Å². The number of carboxylic acid groups (broad SMARTS) is 1. The molecule has 1 aromatic rings. The molecule has 0 radical (unpaired) electrons. The predicted octanol–water partition coefficient (Wildman–Crippen LogP) is 1.91. The van der Waals surface area contributed by atoms with Crippen molar-refractivity contribution < 1.29 is 19.4 Å². The van der Waals surface area contributed by atoms with E-state index in [0.29, 0.717) is 5.56 Å². The van der Waals surface area contributed by atoms with Gasteiger partial charge in [0, 0.05) is 5.02 Å². The molecule has 1 unspecified atom stereocenters. The Labute approximate surface area is 84.7 Å². The molecule has 0 spiro atoms. The van der Waals surface area contributed by atoms with E-state index in [1.165, 1.54) is 6.92 Å². The quantitative estimate of drug-likeness (QED) is 0.797. The minimum Gasteiger partial charge on any atom is -0.479 e. The van der Waals surface area contributed by atoms with E-state index < -0.39 is 17.9 Å². The van der Waals surface area contributed by atoms with E-state index >= 15 is 0 Å². The van der Waals surface area contributed by atoms with Gasteiger partial charge in [-0.1, -0.05) is 11.6 Å². The molecule has 0 aliphatic carbocycles. The minimum atomic E-state index is -1.75. The molecule has 0 amide bonds. The van der Waals surface area contributed by atoms with E-state index in [1.807, 2.05) is 0 Å². The molecule has 2 N–H and O–H groups in total. The lowest BCUT2D eigenvalue weighted by Crippen LogP contribution is -2.12. The molecule has 0 saturated carbocycles. The van der Waals surface area contributed by atoms with Crippen LogP contribution in [0.25, 0.3) is 0 Å². The molecule has 0 bridgehead atoms. The van der Waals surface area contributed by atoms with Gasteiger partial charge in [0.1, 0.15) is 5.82 Å². The van der Waals surface area contributed by atoms with Gasteiger partial charge in [0.15, 0.2) is 6.10 Å². The Morgan fingerprint density at radius 1 is 1.57 bits per heavy atom. The van der Waals surface area contributed by atoms with Gasteiger partial charge in [0.05, 0.1) is 0 Å². The summed E-state index contributed by atoms with van der Waals surface area (Å²) in [6.45, 7) is 1.52. The maximum Gasteiger partial charge on any atom is 0.337 e. The Balaban J connectivity index is 3.26. The number of halogens is 2. The average Bonchev–Trinajstić information content (AvgIpc) is 2.09. The molecule has 1 aromatic carbocycles.